The molecule has 0 saturated heterocycles. The first kappa shape index (κ1) is 20.7. The summed E-state index contributed by atoms with van der Waals surface area (Å²) >= 11 is 4.68. The fraction of sp³-hybridized carbons (Fsp3) is 0.176. The van der Waals surface area contributed by atoms with Gasteiger partial charge in [-0.1, -0.05) is 12.1 Å². The highest BCUT2D eigenvalue weighted by molar-refractivity contribution is 7.80. The summed E-state index contributed by atoms with van der Waals surface area (Å²) in [5.74, 6) is -0.636. The molecule has 11 heteroatoms. The number of thiocarbonyl (C=S) groups is 1. The molecule has 4 N–H and O–H groups in total. The van der Waals surface area contributed by atoms with E-state index in [0.29, 0.717) is 5.71 Å². The second-order valence-corrected chi connectivity index (χ2v) is 5.99. The minimum absolute atomic E-state index is 0.0602. The summed E-state index contributed by atoms with van der Waals surface area (Å²) in [5.41, 5.74) is 7.92. The molecule has 1 heterocycles. The van der Waals surface area contributed by atoms with Crippen LogP contribution in [-0.4, -0.2) is 27.4 Å². The van der Waals surface area contributed by atoms with Crippen LogP contribution in [0.2, 0.25) is 0 Å². The molecule has 0 saturated carbocycles. The van der Waals surface area contributed by atoms with E-state index in [9.17, 15) is 19.7 Å². The van der Waals surface area contributed by atoms with Gasteiger partial charge in [-0.15, -0.1) is 0 Å². The Hall–Kier alpha value is -3.60. The third-order valence-corrected chi connectivity index (χ3v) is 3.59. The van der Waals surface area contributed by atoms with Crippen molar-refractivity contribution in [3.63, 3.8) is 0 Å². The topological polar surface area (TPSA) is 153 Å². The van der Waals surface area contributed by atoms with Crippen molar-refractivity contribution >= 4 is 46.1 Å². The average molecular weight is 403 g/mol. The number of nitrogens with zero attached hydrogens (tertiary/aromatic N) is 2. The van der Waals surface area contributed by atoms with Gasteiger partial charge in [0.1, 0.15) is 5.69 Å². The quantitative estimate of drug-likeness (QED) is 0.190. The Balaban J connectivity index is 2.01. The average Bonchev–Trinajstić information content (AvgIpc) is 3.19. The number of benzene rings is 1. The minimum Gasteiger partial charge on any atom is -0.461 e. The van der Waals surface area contributed by atoms with E-state index in [1.54, 1.807) is 12.1 Å². The summed E-state index contributed by atoms with van der Waals surface area (Å²) in [5, 5.41) is 17.3. The van der Waals surface area contributed by atoms with Crippen LogP contribution in [0.5, 0.6) is 0 Å². The number of hydrazone groups is 1. The molecular formula is C17H17N5O5S. The third-order valence-electron chi connectivity index (χ3n) is 3.50. The molecule has 0 aliphatic heterocycles. The molecule has 0 aliphatic rings. The van der Waals surface area contributed by atoms with Crippen molar-refractivity contribution in [2.45, 2.75) is 19.3 Å². The first-order chi connectivity index (χ1) is 13.4. The lowest BCUT2D eigenvalue weighted by Gasteiger charge is -2.08. The van der Waals surface area contributed by atoms with Crippen LogP contribution in [0, 0.1) is 10.1 Å². The number of anilines is 1. The number of para-hydroxylation sites is 2. The fourth-order valence-electron chi connectivity index (χ4n) is 2.24. The first-order valence-electron chi connectivity index (χ1n) is 8.07. The number of furan rings is 1. The van der Waals surface area contributed by atoms with Gasteiger partial charge in [-0.2, -0.15) is 5.10 Å². The molecule has 146 valence electrons. The van der Waals surface area contributed by atoms with Gasteiger partial charge in [0.25, 0.3) is 5.69 Å². The lowest BCUT2D eigenvalue weighted by Crippen LogP contribution is -2.26. The van der Waals surface area contributed by atoms with Crippen molar-refractivity contribution < 1.29 is 18.9 Å². The summed E-state index contributed by atoms with van der Waals surface area (Å²) in [6.45, 7) is 0. The molecular weight excluding hydrogens is 386 g/mol. The molecule has 1 amide bonds. The maximum atomic E-state index is 12.2. The van der Waals surface area contributed by atoms with E-state index in [-0.39, 0.29) is 47.3 Å². The van der Waals surface area contributed by atoms with E-state index >= 15 is 0 Å². The first-order valence-corrected chi connectivity index (χ1v) is 8.48. The molecule has 0 unspecified atom stereocenters. The zero-order chi connectivity index (χ0) is 20.5. The van der Waals surface area contributed by atoms with Crippen LogP contribution in [0.25, 0.3) is 0 Å². The van der Waals surface area contributed by atoms with Crippen molar-refractivity contribution in [1.29, 1.82) is 0 Å². The number of nitrogens with one attached hydrogen (secondary N) is 2. The number of carbonyl (C=O) groups excluding carboxylic acids is 2. The van der Waals surface area contributed by atoms with E-state index < -0.39 is 10.8 Å². The highest BCUT2D eigenvalue weighted by atomic mass is 32.1. The monoisotopic (exact) mass is 403 g/mol. The fourth-order valence-corrected chi connectivity index (χ4v) is 2.28. The van der Waals surface area contributed by atoms with Crippen LogP contribution in [-0.2, 0) is 4.79 Å². The van der Waals surface area contributed by atoms with Crippen molar-refractivity contribution in [1.82, 2.24) is 5.43 Å². The number of nitro benzene ring substituents is 1. The molecule has 0 bridgehead atoms. The lowest BCUT2D eigenvalue weighted by atomic mass is 10.1. The molecule has 2 aromatic rings. The van der Waals surface area contributed by atoms with Gasteiger partial charge >= 0.3 is 0 Å². The van der Waals surface area contributed by atoms with Gasteiger partial charge in [0.15, 0.2) is 10.9 Å². The maximum Gasteiger partial charge on any atom is 0.292 e. The molecule has 0 radical (unpaired) electrons. The zero-order valence-electron chi connectivity index (χ0n) is 14.6. The Bertz CT molecular complexity index is 910. The van der Waals surface area contributed by atoms with Gasteiger partial charge in [0, 0.05) is 18.2 Å². The molecule has 0 aliphatic carbocycles. The Morgan fingerprint density at radius 3 is 2.61 bits per heavy atom. The highest BCUT2D eigenvalue weighted by Gasteiger charge is 2.17. The standard InChI is InChI=1S/C17H17N5O5S/c18-17(28)21-20-11(10-14(23)15-6-3-9-27-15)7-8-16(24)19-12-4-1-2-5-13(12)22(25)26/h1-6,9H,7-8,10H2,(H,19,24)(H3,18,21,28)/b20-11+. The largest absolute Gasteiger partial charge is 0.461 e. The van der Waals surface area contributed by atoms with Crippen molar-refractivity contribution in [2.75, 3.05) is 5.32 Å². The molecule has 0 atom stereocenters. The van der Waals surface area contributed by atoms with Crippen molar-refractivity contribution in [3.05, 3.63) is 58.5 Å². The predicted octanol–water partition coefficient (Wildman–Crippen LogP) is 2.37. The molecule has 0 fully saturated rings. The summed E-state index contributed by atoms with van der Waals surface area (Å²) in [7, 11) is 0. The number of Topliss-reactive ketones (excluding diaryl/α,β-unsaturated/α-hetero) is 1. The van der Waals surface area contributed by atoms with Crippen LogP contribution in [0.15, 0.2) is 52.2 Å². The third kappa shape index (κ3) is 6.29. The number of carbonyl (C=O) groups is 2. The Morgan fingerprint density at radius 1 is 1.21 bits per heavy atom. The van der Waals surface area contributed by atoms with Gasteiger partial charge in [-0.25, -0.2) is 0 Å². The maximum absolute atomic E-state index is 12.2. The Kier molecular flexibility index (Phi) is 7.34. The normalized spacial score (nSPS) is 10.9. The number of ketones is 1. The van der Waals surface area contributed by atoms with Crippen molar-refractivity contribution in [2.24, 2.45) is 10.8 Å². The van der Waals surface area contributed by atoms with Gasteiger partial charge in [-0.3, -0.25) is 25.1 Å². The van der Waals surface area contributed by atoms with Gasteiger partial charge in [0.05, 0.1) is 17.6 Å². The van der Waals surface area contributed by atoms with E-state index in [1.807, 2.05) is 0 Å². The van der Waals surface area contributed by atoms with Gasteiger partial charge in [-0.05, 0) is 36.8 Å². The number of hydrogen-bond acceptors (Lipinski definition) is 7. The summed E-state index contributed by atoms with van der Waals surface area (Å²) in [6, 6.07) is 8.89. The zero-order valence-corrected chi connectivity index (χ0v) is 15.4. The number of hydrogen-bond donors (Lipinski definition) is 3. The molecule has 28 heavy (non-hydrogen) atoms. The van der Waals surface area contributed by atoms with E-state index in [2.05, 4.69) is 28.1 Å². The SMILES string of the molecule is NC(=S)N/N=C(\CCC(=O)Nc1ccccc1[N+](=O)[O-])CC(=O)c1ccco1. The number of nitro groups is 1. The number of amides is 1. The van der Waals surface area contributed by atoms with Gasteiger partial charge in [0.2, 0.25) is 11.7 Å². The second kappa shape index (κ2) is 9.92. The lowest BCUT2D eigenvalue weighted by molar-refractivity contribution is -0.383. The molecule has 10 nitrogen and oxygen atoms in total. The highest BCUT2D eigenvalue weighted by Crippen LogP contribution is 2.23. The van der Waals surface area contributed by atoms with Crippen LogP contribution in [0.4, 0.5) is 11.4 Å². The second-order valence-electron chi connectivity index (χ2n) is 5.55. The molecule has 1 aromatic heterocycles. The number of nitrogens with two attached hydrogens (primary N) is 1. The Morgan fingerprint density at radius 2 is 1.96 bits per heavy atom. The summed E-state index contributed by atoms with van der Waals surface area (Å²) in [4.78, 5) is 34.8. The summed E-state index contributed by atoms with van der Waals surface area (Å²) < 4.78 is 5.04. The Labute approximate surface area is 164 Å². The minimum atomic E-state index is -0.587. The number of rotatable bonds is 9. The van der Waals surface area contributed by atoms with Crippen LogP contribution >= 0.6 is 12.2 Å². The van der Waals surface area contributed by atoms with E-state index in [1.165, 1.54) is 30.5 Å². The smallest absolute Gasteiger partial charge is 0.292 e. The summed E-state index contributed by atoms with van der Waals surface area (Å²) in [6.07, 6.45) is 1.31. The van der Waals surface area contributed by atoms with Crippen LogP contribution in [0.3, 0.4) is 0 Å². The molecule has 2 rings (SSSR count). The van der Waals surface area contributed by atoms with Crippen molar-refractivity contribution in [3.8, 4) is 0 Å². The van der Waals surface area contributed by atoms with Crippen LogP contribution in [0.1, 0.15) is 29.8 Å². The molecule has 0 spiro atoms. The predicted molar refractivity (Wildman–Crippen MR) is 106 cm³/mol. The van der Waals surface area contributed by atoms with Crippen LogP contribution < -0.4 is 16.5 Å². The van der Waals surface area contributed by atoms with E-state index in [4.69, 9.17) is 10.2 Å². The molecule has 1 aromatic carbocycles. The van der Waals surface area contributed by atoms with Gasteiger partial charge < -0.3 is 15.5 Å². The van der Waals surface area contributed by atoms with E-state index in [0.717, 1.165) is 0 Å².